The van der Waals surface area contributed by atoms with Crippen molar-refractivity contribution in [1.29, 1.82) is 0 Å². The van der Waals surface area contributed by atoms with Crippen LogP contribution in [0.1, 0.15) is 52.0 Å². The molecule has 15 nitrogen and oxygen atoms in total. The lowest BCUT2D eigenvalue weighted by atomic mass is 10.2. The maximum absolute atomic E-state index is 12.5. The molecule has 218 valence electrons. The summed E-state index contributed by atoms with van der Waals surface area (Å²) in [6, 6.07) is 5.52. The van der Waals surface area contributed by atoms with Crippen molar-refractivity contribution in [2.45, 2.75) is 52.7 Å². The number of aromatic nitrogens is 1. The lowest BCUT2D eigenvalue weighted by Crippen LogP contribution is -2.46. The summed E-state index contributed by atoms with van der Waals surface area (Å²) in [4.78, 5) is 55.5. The van der Waals surface area contributed by atoms with Crippen molar-refractivity contribution in [3.05, 3.63) is 35.5 Å². The van der Waals surface area contributed by atoms with E-state index in [0.717, 1.165) is 15.6 Å². The number of thiol groups is 1. The van der Waals surface area contributed by atoms with E-state index >= 15 is 0 Å². The molecular weight excluding hydrogens is 568 g/mol. The van der Waals surface area contributed by atoms with E-state index in [1.807, 2.05) is 0 Å². The molecule has 0 atom stereocenters. The maximum atomic E-state index is 12.5. The highest BCUT2D eigenvalue weighted by molar-refractivity contribution is 7.74. The molecule has 0 aliphatic heterocycles. The number of aliphatic imine (C=N–C) groups is 1. The fourth-order valence-corrected chi connectivity index (χ4v) is 4.39. The molecule has 1 aromatic heterocycles. The van der Waals surface area contributed by atoms with Gasteiger partial charge in [-0.1, -0.05) is 0 Å². The van der Waals surface area contributed by atoms with E-state index in [1.165, 1.54) is 29.8 Å². The lowest BCUT2D eigenvalue weighted by molar-refractivity contribution is -0.115. The van der Waals surface area contributed by atoms with Crippen molar-refractivity contribution in [3.63, 3.8) is 0 Å². The molecule has 4 N–H and O–H groups in total. The molecule has 0 fully saturated rings. The molecule has 0 radical (unpaired) electrons. The quantitative estimate of drug-likeness (QED) is 0.178. The van der Waals surface area contributed by atoms with Crippen LogP contribution in [-0.2, 0) is 25.2 Å². The lowest BCUT2D eigenvalue weighted by Gasteiger charge is -2.21. The maximum Gasteiger partial charge on any atom is 0.437 e. The van der Waals surface area contributed by atoms with Crippen molar-refractivity contribution in [2.24, 2.45) is 4.99 Å². The third-order valence-corrected chi connectivity index (χ3v) is 5.84. The number of nitrogens with one attached hydrogen (secondary N) is 3. The van der Waals surface area contributed by atoms with Crippen LogP contribution in [0.5, 0.6) is 0 Å². The Kier molecular flexibility index (Phi) is 10.6. The van der Waals surface area contributed by atoms with Crippen LogP contribution in [0.25, 0.3) is 0 Å². The van der Waals surface area contributed by atoms with E-state index in [9.17, 15) is 32.7 Å². The van der Waals surface area contributed by atoms with Crippen molar-refractivity contribution in [3.8, 4) is 0 Å². The standard InChI is InChI=1S/C23H30N6O9S2/c1-22(2,3)37-20(33)27-19(28-21(34)38-23(4,5)6)24-11-15(30)26-13-7-9-14(10-8-13)29(40(35)36)17-16(18(31)32)25-12-39-17/h7-10,12,40H,11H2,1-6H3,(H,26,30)(H,31,32)(H2,24,27,28,33,34). The summed E-state index contributed by atoms with van der Waals surface area (Å²) in [6.45, 7) is 9.36. The van der Waals surface area contributed by atoms with Crippen LogP contribution in [0.15, 0.2) is 34.8 Å². The van der Waals surface area contributed by atoms with Crippen LogP contribution in [0.2, 0.25) is 0 Å². The van der Waals surface area contributed by atoms with Crippen LogP contribution in [0.3, 0.4) is 0 Å². The largest absolute Gasteiger partial charge is 0.476 e. The first-order valence-corrected chi connectivity index (χ1v) is 13.5. The topological polar surface area (TPSA) is 206 Å². The Morgan fingerprint density at radius 3 is 2.15 bits per heavy atom. The number of hydrogen-bond donors (Lipinski definition) is 5. The minimum atomic E-state index is -3.26. The van der Waals surface area contributed by atoms with E-state index in [4.69, 9.17) is 9.47 Å². The van der Waals surface area contributed by atoms with Gasteiger partial charge in [-0.25, -0.2) is 32.1 Å². The van der Waals surface area contributed by atoms with Gasteiger partial charge in [0.05, 0.1) is 17.7 Å². The van der Waals surface area contributed by atoms with Gasteiger partial charge in [0, 0.05) is 5.69 Å². The molecule has 0 spiro atoms. The SMILES string of the molecule is CC(C)(C)OC(=O)/N=C(/NCC(=O)Nc1ccc(N(c2scnc2C(=O)O)[SH](=O)=O)cc1)NC(=O)OC(C)(C)C. The third kappa shape index (κ3) is 10.5. The second-order valence-electron chi connectivity index (χ2n) is 9.88. The van der Waals surface area contributed by atoms with Crippen LogP contribution in [0.4, 0.5) is 26.0 Å². The molecule has 2 rings (SSSR count). The van der Waals surface area contributed by atoms with Gasteiger partial charge in [-0.3, -0.25) is 10.1 Å². The third-order valence-electron chi connectivity index (χ3n) is 4.13. The summed E-state index contributed by atoms with van der Waals surface area (Å²) in [5.74, 6) is -2.38. The highest BCUT2D eigenvalue weighted by Gasteiger charge is 2.23. The summed E-state index contributed by atoms with van der Waals surface area (Å²) in [6.07, 6.45) is -1.94. The van der Waals surface area contributed by atoms with Gasteiger partial charge in [0.2, 0.25) is 22.8 Å². The number of amides is 3. The molecule has 3 amide bonds. The van der Waals surface area contributed by atoms with E-state index in [0.29, 0.717) is 0 Å². The number of thiazole rings is 1. The van der Waals surface area contributed by atoms with Crippen molar-refractivity contribution >= 4 is 68.6 Å². The van der Waals surface area contributed by atoms with Crippen molar-refractivity contribution in [2.75, 3.05) is 16.2 Å². The predicted molar refractivity (Wildman–Crippen MR) is 148 cm³/mol. The first-order chi connectivity index (χ1) is 18.4. The van der Waals surface area contributed by atoms with Gasteiger partial charge in [0.25, 0.3) is 0 Å². The molecule has 40 heavy (non-hydrogen) atoms. The molecule has 0 saturated heterocycles. The molecule has 1 aromatic carbocycles. The van der Waals surface area contributed by atoms with E-state index in [-0.39, 0.29) is 22.3 Å². The minimum Gasteiger partial charge on any atom is -0.476 e. The van der Waals surface area contributed by atoms with Gasteiger partial charge >= 0.3 is 18.2 Å². The minimum absolute atomic E-state index is 0.0983. The number of carbonyl (C=O) groups is 4. The highest BCUT2D eigenvalue weighted by atomic mass is 32.2. The predicted octanol–water partition coefficient (Wildman–Crippen LogP) is 2.85. The monoisotopic (exact) mass is 598 g/mol. The average Bonchev–Trinajstić information content (AvgIpc) is 3.25. The fraction of sp³-hybridized carbons (Fsp3) is 0.391. The Hall–Kier alpha value is -4.25. The number of carboxylic acids is 1. The zero-order valence-corrected chi connectivity index (χ0v) is 24.2. The van der Waals surface area contributed by atoms with Gasteiger partial charge in [0.1, 0.15) is 16.2 Å². The van der Waals surface area contributed by atoms with Crippen molar-refractivity contribution < 1.29 is 42.2 Å². The summed E-state index contributed by atoms with van der Waals surface area (Å²) in [5.41, 5.74) is -0.515. The number of rotatable bonds is 7. The Morgan fingerprint density at radius 1 is 1.02 bits per heavy atom. The Labute approximate surface area is 235 Å². The number of carboxylic acid groups (broad SMARTS) is 1. The first-order valence-electron chi connectivity index (χ1n) is 11.5. The summed E-state index contributed by atoms with van der Waals surface area (Å²) >= 11 is 0.836. The van der Waals surface area contributed by atoms with Crippen molar-refractivity contribution in [1.82, 2.24) is 15.6 Å². The zero-order valence-electron chi connectivity index (χ0n) is 22.5. The number of carbonyl (C=O) groups excluding carboxylic acids is 3. The first kappa shape index (κ1) is 32.0. The molecule has 0 aliphatic carbocycles. The molecule has 0 bridgehead atoms. The normalized spacial score (nSPS) is 11.9. The number of anilines is 3. The summed E-state index contributed by atoms with van der Waals surface area (Å²) in [5, 5.41) is 16.5. The van der Waals surface area contributed by atoms with Gasteiger partial charge in [0.15, 0.2) is 5.69 Å². The fourth-order valence-electron chi connectivity index (χ4n) is 2.77. The smallest absolute Gasteiger partial charge is 0.437 e. The summed E-state index contributed by atoms with van der Waals surface area (Å²) in [7, 11) is -3.26. The second-order valence-corrected chi connectivity index (χ2v) is 11.6. The zero-order chi connectivity index (χ0) is 30.3. The van der Waals surface area contributed by atoms with Gasteiger partial charge in [-0.05, 0) is 65.8 Å². The molecule has 17 heteroatoms. The molecule has 0 aliphatic rings. The Bertz CT molecular complexity index is 1350. The number of nitrogens with zero attached hydrogens (tertiary/aromatic N) is 3. The van der Waals surface area contributed by atoms with Gasteiger partial charge in [-0.15, -0.1) is 16.3 Å². The Morgan fingerprint density at radius 2 is 1.62 bits per heavy atom. The molecule has 0 unspecified atom stereocenters. The van der Waals surface area contributed by atoms with Crippen LogP contribution in [0, 0.1) is 0 Å². The van der Waals surface area contributed by atoms with Crippen LogP contribution < -0.4 is 20.3 Å². The number of alkyl carbamates (subject to hydrolysis) is 1. The van der Waals surface area contributed by atoms with Gasteiger partial charge in [-0.2, -0.15) is 0 Å². The van der Waals surface area contributed by atoms with Crippen LogP contribution in [-0.4, -0.2) is 66.3 Å². The average molecular weight is 599 g/mol. The van der Waals surface area contributed by atoms with Crippen LogP contribution >= 0.6 is 11.3 Å². The number of benzene rings is 1. The number of ether oxygens (including phenoxy) is 2. The summed E-state index contributed by atoms with van der Waals surface area (Å²) < 4.78 is 34.8. The second kappa shape index (κ2) is 13.2. The Balaban J connectivity index is 2.12. The van der Waals surface area contributed by atoms with E-state index < -0.39 is 58.4 Å². The number of hydrogen-bond acceptors (Lipinski definition) is 10. The van der Waals surface area contributed by atoms with E-state index in [1.54, 1.807) is 41.5 Å². The molecular formula is C23H30N6O9S2. The highest BCUT2D eigenvalue weighted by Crippen LogP contribution is 2.33. The molecule has 0 saturated carbocycles. The molecule has 2 aromatic rings. The van der Waals surface area contributed by atoms with Gasteiger partial charge < -0.3 is 25.2 Å². The number of guanidine groups is 1. The molecule has 1 heterocycles. The number of aromatic carboxylic acids is 1. The van der Waals surface area contributed by atoms with E-state index in [2.05, 4.69) is 25.9 Å².